The first-order valence-corrected chi connectivity index (χ1v) is 5.64. The summed E-state index contributed by atoms with van der Waals surface area (Å²) in [7, 11) is -4.07. The Labute approximate surface area is 76.6 Å². The zero-order valence-corrected chi connectivity index (χ0v) is 8.16. The van der Waals surface area contributed by atoms with Crippen molar-refractivity contribution in [3.05, 3.63) is 0 Å². The quantitative estimate of drug-likeness (QED) is 0.741. The Bertz CT molecular complexity index is 308. The minimum atomic E-state index is -4.07. The summed E-state index contributed by atoms with van der Waals surface area (Å²) in [4.78, 5) is 10.9. The minimum Gasteiger partial charge on any atom is -0.274 e. The Balaban J connectivity index is 2.58. The first kappa shape index (κ1) is 10.4. The van der Waals surface area contributed by atoms with Crippen LogP contribution in [0.15, 0.2) is 0 Å². The highest BCUT2D eigenvalue weighted by Crippen LogP contribution is 2.44. The lowest BCUT2D eigenvalue weighted by Gasteiger charge is -2.08. The average Bonchev–Trinajstić information content (AvgIpc) is 2.68. The molecule has 0 unspecified atom stereocenters. The lowest BCUT2D eigenvalue weighted by Crippen LogP contribution is -2.37. The molecule has 1 aliphatic carbocycles. The van der Waals surface area contributed by atoms with Gasteiger partial charge in [-0.15, -0.1) is 0 Å². The maximum absolute atomic E-state index is 13.1. The van der Waals surface area contributed by atoms with Crippen LogP contribution in [0.3, 0.4) is 0 Å². The van der Waals surface area contributed by atoms with E-state index in [2.05, 4.69) is 0 Å². The predicted molar refractivity (Wildman–Crippen MR) is 45.0 cm³/mol. The van der Waals surface area contributed by atoms with Gasteiger partial charge >= 0.3 is 0 Å². The van der Waals surface area contributed by atoms with Crippen LogP contribution in [0.2, 0.25) is 0 Å². The smallest absolute Gasteiger partial charge is 0.270 e. The van der Waals surface area contributed by atoms with E-state index < -0.39 is 20.9 Å². The fourth-order valence-corrected chi connectivity index (χ4v) is 2.11. The summed E-state index contributed by atoms with van der Waals surface area (Å²) in [5.74, 6) is -0.633. The average molecular weight is 209 g/mol. The second kappa shape index (κ2) is 3.25. The van der Waals surface area contributed by atoms with Crippen molar-refractivity contribution in [1.29, 1.82) is 0 Å². The molecule has 1 aliphatic rings. The fraction of sp³-hybridized carbons (Fsp3) is 0.857. The number of halogens is 1. The van der Waals surface area contributed by atoms with Crippen LogP contribution in [0.5, 0.6) is 0 Å². The van der Waals surface area contributed by atoms with Crippen molar-refractivity contribution in [2.24, 2.45) is 0 Å². The predicted octanol–water partition coefficient (Wildman–Crippen LogP) is 0.692. The molecule has 1 N–H and O–H groups in total. The molecule has 1 rings (SSSR count). The Hall–Kier alpha value is -0.650. The van der Waals surface area contributed by atoms with Crippen LogP contribution in [0.4, 0.5) is 4.39 Å². The van der Waals surface area contributed by atoms with Gasteiger partial charge in [0, 0.05) is 19.3 Å². The molecule has 4 nitrogen and oxygen atoms in total. The summed E-state index contributed by atoms with van der Waals surface area (Å²) in [6.45, 7) is 1.74. The normalized spacial score (nSPS) is 19.5. The van der Waals surface area contributed by atoms with E-state index in [1.165, 1.54) is 0 Å². The Morgan fingerprint density at radius 1 is 1.54 bits per heavy atom. The zero-order chi connectivity index (χ0) is 10.1. The first-order valence-electron chi connectivity index (χ1n) is 4.15. The molecule has 0 bridgehead atoms. The molecular weight excluding hydrogens is 197 g/mol. The number of rotatable bonds is 4. The van der Waals surface area contributed by atoms with E-state index in [1.54, 1.807) is 11.6 Å². The van der Waals surface area contributed by atoms with Crippen molar-refractivity contribution in [2.75, 3.05) is 0 Å². The third kappa shape index (κ3) is 2.18. The number of amides is 1. The van der Waals surface area contributed by atoms with E-state index in [0.717, 1.165) is 0 Å². The van der Waals surface area contributed by atoms with E-state index in [9.17, 15) is 17.6 Å². The number of alkyl halides is 1. The lowest BCUT2D eigenvalue weighted by molar-refractivity contribution is -0.119. The number of hydrogen-bond donors (Lipinski definition) is 1. The summed E-state index contributed by atoms with van der Waals surface area (Å²) in [5, 5.41) is -2.18. The van der Waals surface area contributed by atoms with Gasteiger partial charge in [0.1, 0.15) is 0 Å². The maximum Gasteiger partial charge on any atom is 0.270 e. The largest absolute Gasteiger partial charge is 0.274 e. The lowest BCUT2D eigenvalue weighted by atomic mass is 10.3. The van der Waals surface area contributed by atoms with Gasteiger partial charge in [-0.2, -0.15) is 0 Å². The highest BCUT2D eigenvalue weighted by molar-refractivity contribution is 7.91. The van der Waals surface area contributed by atoms with Crippen LogP contribution < -0.4 is 4.72 Å². The second-order valence-electron chi connectivity index (χ2n) is 3.16. The second-order valence-corrected chi connectivity index (χ2v) is 5.10. The number of carbonyl (C=O) groups excluding carboxylic acids is 1. The minimum absolute atomic E-state index is 0.0122. The Morgan fingerprint density at radius 2 is 2.08 bits per heavy atom. The van der Waals surface area contributed by atoms with E-state index in [4.69, 9.17) is 0 Å². The van der Waals surface area contributed by atoms with E-state index in [0.29, 0.717) is 6.42 Å². The van der Waals surface area contributed by atoms with Gasteiger partial charge in [0.2, 0.25) is 10.9 Å². The highest BCUT2D eigenvalue weighted by atomic mass is 32.2. The molecule has 6 heteroatoms. The van der Waals surface area contributed by atoms with Crippen molar-refractivity contribution in [1.82, 2.24) is 4.72 Å². The monoisotopic (exact) mass is 209 g/mol. The Kier molecular flexibility index (Phi) is 2.61. The number of carbonyl (C=O) groups is 1. The molecule has 0 aliphatic heterocycles. The molecule has 1 saturated carbocycles. The maximum atomic E-state index is 13.1. The van der Waals surface area contributed by atoms with E-state index in [1.807, 2.05) is 0 Å². The van der Waals surface area contributed by atoms with Crippen LogP contribution in [0.25, 0.3) is 0 Å². The zero-order valence-electron chi connectivity index (χ0n) is 7.34. The summed E-state index contributed by atoms with van der Waals surface area (Å²) in [6.07, 6.45) is 0.624. The molecular formula is C7H12FNO3S. The summed E-state index contributed by atoms with van der Waals surface area (Å²) >= 11 is 0. The summed E-state index contributed by atoms with van der Waals surface area (Å²) < 4.78 is 37.0. The molecule has 1 fully saturated rings. The number of sulfonamides is 1. The first-order chi connectivity index (χ1) is 5.91. The van der Waals surface area contributed by atoms with Crippen molar-refractivity contribution < 1.29 is 17.6 Å². The topological polar surface area (TPSA) is 63.2 Å². The molecule has 0 aromatic rings. The molecule has 0 spiro atoms. The molecule has 1 amide bonds. The molecule has 0 aromatic carbocycles. The van der Waals surface area contributed by atoms with Crippen molar-refractivity contribution in [3.63, 3.8) is 0 Å². The highest BCUT2D eigenvalue weighted by Gasteiger charge is 2.56. The van der Waals surface area contributed by atoms with Crippen LogP contribution in [0.1, 0.15) is 32.6 Å². The molecule has 0 radical (unpaired) electrons. The molecule has 0 saturated heterocycles. The summed E-state index contributed by atoms with van der Waals surface area (Å²) in [5.41, 5.74) is 0. The number of nitrogens with one attached hydrogen (secondary N) is 1. The van der Waals surface area contributed by atoms with Crippen molar-refractivity contribution in [2.45, 2.75) is 37.6 Å². The van der Waals surface area contributed by atoms with Crippen LogP contribution in [0, 0.1) is 0 Å². The van der Waals surface area contributed by atoms with Crippen molar-refractivity contribution in [3.8, 4) is 0 Å². The van der Waals surface area contributed by atoms with Gasteiger partial charge in [-0.05, 0) is 6.42 Å². The van der Waals surface area contributed by atoms with Crippen LogP contribution >= 0.6 is 0 Å². The van der Waals surface area contributed by atoms with E-state index in [-0.39, 0.29) is 19.3 Å². The third-order valence-electron chi connectivity index (χ3n) is 1.85. The number of hydrogen-bond acceptors (Lipinski definition) is 3. The molecule has 76 valence electrons. The SMILES string of the molecule is CCCC(=O)NS(=O)(=O)C1(F)CC1. The molecule has 0 aromatic heterocycles. The van der Waals surface area contributed by atoms with Gasteiger partial charge in [-0.25, -0.2) is 12.8 Å². The molecule has 0 atom stereocenters. The van der Waals surface area contributed by atoms with Crippen LogP contribution in [-0.4, -0.2) is 19.3 Å². The fourth-order valence-electron chi connectivity index (χ4n) is 0.886. The van der Waals surface area contributed by atoms with Gasteiger partial charge in [-0.3, -0.25) is 9.52 Å². The van der Waals surface area contributed by atoms with Crippen molar-refractivity contribution >= 4 is 15.9 Å². The standard InChI is InChI=1S/C7H12FNO3S/c1-2-3-6(10)9-13(11,12)7(8)4-5-7/h2-5H2,1H3,(H,9,10). The van der Waals surface area contributed by atoms with Gasteiger partial charge in [0.15, 0.2) is 0 Å². The van der Waals surface area contributed by atoms with Gasteiger partial charge in [0.25, 0.3) is 10.0 Å². The van der Waals surface area contributed by atoms with Gasteiger partial charge in [-0.1, -0.05) is 6.92 Å². The van der Waals surface area contributed by atoms with Crippen LogP contribution in [-0.2, 0) is 14.8 Å². The molecule has 13 heavy (non-hydrogen) atoms. The Morgan fingerprint density at radius 3 is 2.46 bits per heavy atom. The van der Waals surface area contributed by atoms with Gasteiger partial charge < -0.3 is 0 Å². The van der Waals surface area contributed by atoms with Gasteiger partial charge in [0.05, 0.1) is 0 Å². The summed E-state index contributed by atoms with van der Waals surface area (Å²) in [6, 6.07) is 0. The van der Waals surface area contributed by atoms with E-state index >= 15 is 0 Å². The molecule has 0 heterocycles. The third-order valence-corrected chi connectivity index (χ3v) is 3.72.